The van der Waals surface area contributed by atoms with Crippen molar-refractivity contribution in [3.8, 4) is 0 Å². The van der Waals surface area contributed by atoms with Crippen molar-refractivity contribution in [3.05, 3.63) is 34.9 Å². The van der Waals surface area contributed by atoms with E-state index in [2.05, 4.69) is 39.0 Å². The van der Waals surface area contributed by atoms with Crippen molar-refractivity contribution in [3.63, 3.8) is 0 Å². The molecule has 0 spiro atoms. The number of benzene rings is 1. The van der Waals surface area contributed by atoms with Gasteiger partial charge in [-0.1, -0.05) is 39.0 Å². The largest absolute Gasteiger partial charge is 0.388 e. The van der Waals surface area contributed by atoms with Crippen molar-refractivity contribution < 1.29 is 15.3 Å². The van der Waals surface area contributed by atoms with Crippen LogP contribution in [-0.2, 0) is 10.3 Å². The van der Waals surface area contributed by atoms with Crippen LogP contribution in [0.5, 0.6) is 0 Å². The molecule has 1 aromatic rings. The summed E-state index contributed by atoms with van der Waals surface area (Å²) >= 11 is 0. The predicted molar refractivity (Wildman–Crippen MR) is 86.9 cm³/mol. The van der Waals surface area contributed by atoms with Gasteiger partial charge in [-0.2, -0.15) is 0 Å². The van der Waals surface area contributed by atoms with Crippen molar-refractivity contribution in [2.75, 3.05) is 0 Å². The number of aliphatic hydroxyl groups is 1. The topological polar surface area (TPSA) is 49.7 Å². The van der Waals surface area contributed by atoms with E-state index in [1.807, 2.05) is 6.92 Å². The van der Waals surface area contributed by atoms with Gasteiger partial charge in [0.25, 0.3) is 0 Å². The van der Waals surface area contributed by atoms with Gasteiger partial charge in [0.2, 0.25) is 0 Å². The Kier molecular flexibility index (Phi) is 3.87. The van der Waals surface area contributed by atoms with Gasteiger partial charge in [0.1, 0.15) is 5.60 Å². The van der Waals surface area contributed by atoms with Gasteiger partial charge in [0.15, 0.2) is 0 Å². The van der Waals surface area contributed by atoms with E-state index in [0.717, 1.165) is 24.8 Å². The van der Waals surface area contributed by atoms with E-state index in [-0.39, 0.29) is 11.3 Å². The monoisotopic (exact) mass is 304 g/mol. The van der Waals surface area contributed by atoms with Crippen LogP contribution >= 0.6 is 0 Å². The van der Waals surface area contributed by atoms with Gasteiger partial charge in [-0.25, -0.2) is 4.89 Å². The molecule has 0 radical (unpaired) electrons. The Morgan fingerprint density at radius 3 is 2.59 bits per heavy atom. The molecule has 1 fully saturated rings. The van der Waals surface area contributed by atoms with E-state index in [9.17, 15) is 10.4 Å². The Labute approximate surface area is 133 Å². The first-order valence-electron chi connectivity index (χ1n) is 8.47. The molecule has 1 aromatic carbocycles. The van der Waals surface area contributed by atoms with Crippen molar-refractivity contribution >= 4 is 0 Å². The van der Waals surface area contributed by atoms with Crippen molar-refractivity contribution in [1.29, 1.82) is 0 Å². The smallest absolute Gasteiger partial charge is 0.104 e. The van der Waals surface area contributed by atoms with Gasteiger partial charge in [-0.15, -0.1) is 0 Å². The standard InChI is InChI=1S/C19H28O3/c1-12(2)13-6-7-15-14(10-13)16(20)11-17-18(15,3)8-5-9-19(17,4)22-21/h6-7,10,12,16-17,20-21H,5,8-9,11H2,1-4H3/t16-,17-,18-,19+/m1/s1. The zero-order chi connectivity index (χ0) is 16.1. The van der Waals surface area contributed by atoms with Crippen LogP contribution in [0.4, 0.5) is 0 Å². The van der Waals surface area contributed by atoms with E-state index < -0.39 is 11.7 Å². The van der Waals surface area contributed by atoms with Crippen molar-refractivity contribution in [1.82, 2.24) is 0 Å². The second-order valence-corrected chi connectivity index (χ2v) is 7.98. The molecule has 3 heteroatoms. The molecule has 122 valence electrons. The van der Waals surface area contributed by atoms with Crippen LogP contribution in [0.2, 0.25) is 0 Å². The highest BCUT2D eigenvalue weighted by atomic mass is 17.1. The minimum Gasteiger partial charge on any atom is -0.388 e. The zero-order valence-electron chi connectivity index (χ0n) is 14.1. The van der Waals surface area contributed by atoms with Gasteiger partial charge in [-0.05, 0) is 60.6 Å². The molecule has 4 atom stereocenters. The fourth-order valence-electron chi connectivity index (χ4n) is 4.86. The molecule has 3 nitrogen and oxygen atoms in total. The summed E-state index contributed by atoms with van der Waals surface area (Å²) in [7, 11) is 0. The van der Waals surface area contributed by atoms with Crippen molar-refractivity contribution in [2.45, 2.75) is 76.4 Å². The van der Waals surface area contributed by atoms with Crippen LogP contribution in [0.15, 0.2) is 18.2 Å². The predicted octanol–water partition coefficient (Wildman–Crippen LogP) is 4.55. The van der Waals surface area contributed by atoms with E-state index in [1.54, 1.807) is 0 Å². The number of aliphatic hydroxyl groups excluding tert-OH is 1. The van der Waals surface area contributed by atoms with E-state index in [1.165, 1.54) is 11.1 Å². The summed E-state index contributed by atoms with van der Waals surface area (Å²) in [5.74, 6) is 0.589. The number of fused-ring (bicyclic) bond motifs is 3. The lowest BCUT2D eigenvalue weighted by molar-refractivity contribution is -0.347. The molecule has 0 aliphatic heterocycles. The third kappa shape index (κ3) is 2.22. The number of hydrogen-bond donors (Lipinski definition) is 2. The molecule has 0 heterocycles. The first kappa shape index (κ1) is 16.0. The zero-order valence-corrected chi connectivity index (χ0v) is 14.1. The summed E-state index contributed by atoms with van der Waals surface area (Å²) in [5, 5.41) is 20.2. The highest BCUT2D eigenvalue weighted by Crippen LogP contribution is 2.57. The Bertz CT molecular complexity index is 568. The van der Waals surface area contributed by atoms with Crippen LogP contribution in [0, 0.1) is 5.92 Å². The fourth-order valence-corrected chi connectivity index (χ4v) is 4.86. The van der Waals surface area contributed by atoms with Crippen LogP contribution in [0.25, 0.3) is 0 Å². The highest BCUT2D eigenvalue weighted by Gasteiger charge is 2.54. The van der Waals surface area contributed by atoms with E-state index in [0.29, 0.717) is 12.3 Å². The van der Waals surface area contributed by atoms with Crippen LogP contribution in [0.1, 0.15) is 82.1 Å². The van der Waals surface area contributed by atoms with Gasteiger partial charge in [-0.3, -0.25) is 5.26 Å². The van der Waals surface area contributed by atoms with Crippen LogP contribution < -0.4 is 0 Å². The maximum atomic E-state index is 10.7. The van der Waals surface area contributed by atoms with E-state index >= 15 is 0 Å². The highest BCUT2D eigenvalue weighted by molar-refractivity contribution is 5.43. The maximum Gasteiger partial charge on any atom is 0.104 e. The molecule has 2 aliphatic rings. The normalized spacial score (nSPS) is 37.8. The van der Waals surface area contributed by atoms with Gasteiger partial charge in [0, 0.05) is 5.92 Å². The van der Waals surface area contributed by atoms with E-state index in [4.69, 9.17) is 4.89 Å². The lowest BCUT2D eigenvalue weighted by atomic mass is 9.53. The first-order valence-corrected chi connectivity index (χ1v) is 8.47. The molecular weight excluding hydrogens is 276 g/mol. The van der Waals surface area contributed by atoms with Crippen molar-refractivity contribution in [2.24, 2.45) is 5.92 Å². The lowest BCUT2D eigenvalue weighted by Crippen LogP contribution is -2.54. The SMILES string of the molecule is CC(C)c1ccc2c(c1)[C@H](O)C[C@H]1[C@@](C)(OO)CCC[C@]21C. The Morgan fingerprint density at radius 1 is 1.23 bits per heavy atom. The summed E-state index contributed by atoms with van der Waals surface area (Å²) in [4.78, 5) is 4.93. The fraction of sp³-hybridized carbons (Fsp3) is 0.684. The third-order valence-corrected chi connectivity index (χ3v) is 6.26. The maximum absolute atomic E-state index is 10.7. The second-order valence-electron chi connectivity index (χ2n) is 7.98. The molecule has 1 saturated carbocycles. The third-order valence-electron chi connectivity index (χ3n) is 6.26. The Balaban J connectivity index is 2.11. The quantitative estimate of drug-likeness (QED) is 0.622. The molecule has 0 unspecified atom stereocenters. The summed E-state index contributed by atoms with van der Waals surface area (Å²) < 4.78 is 0. The van der Waals surface area contributed by atoms with Crippen LogP contribution in [0.3, 0.4) is 0 Å². The summed E-state index contributed by atoms with van der Waals surface area (Å²) in [6.45, 7) is 8.61. The second kappa shape index (κ2) is 5.33. The minimum atomic E-state index is -0.567. The average Bonchev–Trinajstić information content (AvgIpc) is 2.49. The first-order chi connectivity index (χ1) is 10.3. The molecule has 0 saturated heterocycles. The molecule has 3 rings (SSSR count). The molecule has 0 bridgehead atoms. The van der Waals surface area contributed by atoms with Gasteiger partial charge < -0.3 is 5.11 Å². The molecule has 2 aliphatic carbocycles. The minimum absolute atomic E-state index is 0.0419. The Hall–Kier alpha value is -0.900. The average molecular weight is 304 g/mol. The summed E-state index contributed by atoms with van der Waals surface area (Å²) in [6, 6.07) is 6.57. The molecular formula is C19H28O3. The lowest BCUT2D eigenvalue weighted by Gasteiger charge is -2.54. The molecule has 0 amide bonds. The van der Waals surface area contributed by atoms with Gasteiger partial charge >= 0.3 is 0 Å². The van der Waals surface area contributed by atoms with Gasteiger partial charge in [0.05, 0.1) is 6.10 Å². The molecule has 22 heavy (non-hydrogen) atoms. The summed E-state index contributed by atoms with van der Waals surface area (Å²) in [5.41, 5.74) is 2.98. The number of hydrogen-bond acceptors (Lipinski definition) is 3. The number of rotatable bonds is 2. The summed E-state index contributed by atoms with van der Waals surface area (Å²) in [6.07, 6.45) is 3.14. The molecule has 2 N–H and O–H groups in total. The molecule has 0 aromatic heterocycles. The van der Waals surface area contributed by atoms with Crippen LogP contribution in [-0.4, -0.2) is 16.0 Å². The Morgan fingerprint density at radius 2 is 1.95 bits per heavy atom.